The van der Waals surface area contributed by atoms with E-state index in [1.54, 1.807) is 0 Å². The van der Waals surface area contributed by atoms with Gasteiger partial charge in [0.05, 0.1) is 12.7 Å². The van der Waals surface area contributed by atoms with Crippen molar-refractivity contribution >= 4 is 22.9 Å². The summed E-state index contributed by atoms with van der Waals surface area (Å²) < 4.78 is 35.0. The van der Waals surface area contributed by atoms with Crippen molar-refractivity contribution in [2.24, 2.45) is 0 Å². The fourth-order valence-corrected chi connectivity index (χ4v) is 3.15. The predicted octanol–water partition coefficient (Wildman–Crippen LogP) is -1.10. The van der Waals surface area contributed by atoms with E-state index in [-0.39, 0.29) is 0 Å². The second-order valence-corrected chi connectivity index (χ2v) is 6.74. The lowest BCUT2D eigenvalue weighted by Gasteiger charge is -2.19. The van der Waals surface area contributed by atoms with E-state index in [2.05, 4.69) is 8.83 Å². The molecule has 1 fully saturated rings. The number of ether oxygens (including phenoxy) is 1. The second-order valence-electron chi connectivity index (χ2n) is 3.77. The highest BCUT2D eigenvalue weighted by atomic mass is 31.3. The molecule has 0 spiro atoms. The standard InChI is InChI=1S/C6H13BO9P2/c1-3-5(8)6(9)4(15-3)2-14-17(7,10)16-18(11,12)13/h3-6,8-9H,2H2,1H3,(H2,11,12,13)/t3-,4+,5-,6+,17?/m0/s1. The molecule has 0 amide bonds. The zero-order valence-electron chi connectivity index (χ0n) is 9.32. The number of phosphoric acid groups is 1. The van der Waals surface area contributed by atoms with E-state index in [1.807, 2.05) is 0 Å². The Morgan fingerprint density at radius 3 is 2.22 bits per heavy atom. The molecule has 0 saturated carbocycles. The predicted molar refractivity (Wildman–Crippen MR) is 58.8 cm³/mol. The van der Waals surface area contributed by atoms with E-state index in [1.165, 1.54) is 6.92 Å². The smallest absolute Gasteiger partial charge is 0.388 e. The Hall–Kier alpha value is 0.245. The van der Waals surface area contributed by atoms with E-state index in [4.69, 9.17) is 22.1 Å². The summed E-state index contributed by atoms with van der Waals surface area (Å²) in [6.07, 6.45) is -4.10. The van der Waals surface area contributed by atoms with Crippen LogP contribution in [0.4, 0.5) is 0 Å². The van der Waals surface area contributed by atoms with Crippen molar-refractivity contribution in [3.8, 4) is 0 Å². The first-order chi connectivity index (χ1) is 8.02. The Balaban J connectivity index is 2.51. The van der Waals surface area contributed by atoms with E-state index < -0.39 is 46.3 Å². The molecule has 0 aromatic rings. The molecule has 2 radical (unpaired) electrons. The minimum Gasteiger partial charge on any atom is -0.388 e. The van der Waals surface area contributed by atoms with Crippen LogP contribution in [0.1, 0.15) is 6.92 Å². The minimum absolute atomic E-state index is 0.545. The molecule has 9 nitrogen and oxygen atoms in total. The van der Waals surface area contributed by atoms with E-state index in [0.29, 0.717) is 0 Å². The quantitative estimate of drug-likeness (QED) is 0.367. The third kappa shape index (κ3) is 4.73. The van der Waals surface area contributed by atoms with Gasteiger partial charge in [-0.3, -0.25) is 4.57 Å². The number of hydrogen-bond donors (Lipinski definition) is 4. The van der Waals surface area contributed by atoms with Crippen LogP contribution in [0, 0.1) is 0 Å². The lowest BCUT2D eigenvalue weighted by atomic mass is 10.1. The molecule has 0 bridgehead atoms. The largest absolute Gasteiger partial charge is 0.476 e. The first-order valence-corrected chi connectivity index (χ1v) is 7.98. The van der Waals surface area contributed by atoms with Gasteiger partial charge < -0.3 is 29.3 Å². The first-order valence-electron chi connectivity index (χ1n) is 4.83. The topological polar surface area (TPSA) is 143 Å². The van der Waals surface area contributed by atoms with Gasteiger partial charge in [0, 0.05) is 0 Å². The molecule has 1 heterocycles. The molecule has 1 unspecified atom stereocenters. The highest BCUT2D eigenvalue weighted by molar-refractivity contribution is 7.83. The van der Waals surface area contributed by atoms with Crippen LogP contribution in [0.15, 0.2) is 0 Å². The molecule has 5 atom stereocenters. The summed E-state index contributed by atoms with van der Waals surface area (Å²) in [5, 5.41) is 18.8. The van der Waals surface area contributed by atoms with Crippen molar-refractivity contribution in [1.82, 2.24) is 0 Å². The zero-order valence-corrected chi connectivity index (χ0v) is 11.1. The highest BCUT2D eigenvalue weighted by Crippen LogP contribution is 2.57. The Morgan fingerprint density at radius 1 is 1.28 bits per heavy atom. The van der Waals surface area contributed by atoms with E-state index in [0.717, 1.165) is 0 Å². The summed E-state index contributed by atoms with van der Waals surface area (Å²) >= 11 is 0. The molecule has 104 valence electrons. The van der Waals surface area contributed by atoms with E-state index in [9.17, 15) is 19.3 Å². The highest BCUT2D eigenvalue weighted by Gasteiger charge is 2.41. The van der Waals surface area contributed by atoms with Crippen molar-refractivity contribution < 1.29 is 42.7 Å². The second kappa shape index (κ2) is 5.70. The molecule has 1 saturated heterocycles. The van der Waals surface area contributed by atoms with Gasteiger partial charge in [-0.25, -0.2) is 8.88 Å². The van der Waals surface area contributed by atoms with Gasteiger partial charge in [-0.05, 0) is 6.92 Å². The van der Waals surface area contributed by atoms with Crippen molar-refractivity contribution in [1.29, 1.82) is 0 Å². The third-order valence-electron chi connectivity index (χ3n) is 2.24. The van der Waals surface area contributed by atoms with Gasteiger partial charge in [0.25, 0.3) is 7.47 Å². The van der Waals surface area contributed by atoms with Gasteiger partial charge in [-0.2, -0.15) is 0 Å². The van der Waals surface area contributed by atoms with Crippen LogP contribution < -0.4 is 0 Å². The molecular weight excluding hydrogens is 289 g/mol. The molecule has 0 aliphatic carbocycles. The Labute approximate surface area is 104 Å². The number of rotatable bonds is 5. The number of aliphatic hydroxyl groups is 2. The van der Waals surface area contributed by atoms with Crippen LogP contribution in [0.25, 0.3) is 0 Å². The SMILES string of the molecule is [B]P(=O)(OC[C@H]1O[C@@H](C)[C@H](O)[C@@H]1O)OP(=O)(O)O. The summed E-state index contributed by atoms with van der Waals surface area (Å²) in [6, 6.07) is 0. The molecule has 1 rings (SSSR count). The van der Waals surface area contributed by atoms with Crippen molar-refractivity contribution in [3.05, 3.63) is 0 Å². The summed E-state index contributed by atoms with van der Waals surface area (Å²) in [4.78, 5) is 16.8. The molecule has 0 aromatic heterocycles. The van der Waals surface area contributed by atoms with Gasteiger partial charge in [-0.1, -0.05) is 0 Å². The first kappa shape index (κ1) is 16.3. The molecule has 1 aliphatic rings. The molecule has 1 aliphatic heterocycles. The lowest BCUT2D eigenvalue weighted by molar-refractivity contribution is -0.0120. The van der Waals surface area contributed by atoms with Crippen LogP contribution in [0.2, 0.25) is 0 Å². The molecule has 18 heavy (non-hydrogen) atoms. The van der Waals surface area contributed by atoms with Crippen molar-refractivity contribution in [3.63, 3.8) is 0 Å². The number of hydrogen-bond acceptors (Lipinski definition) is 7. The normalized spacial score (nSPS) is 36.5. The Bertz CT molecular complexity index is 383. The molecule has 4 N–H and O–H groups in total. The average molecular weight is 302 g/mol. The van der Waals surface area contributed by atoms with E-state index >= 15 is 0 Å². The number of aliphatic hydroxyl groups excluding tert-OH is 2. The summed E-state index contributed by atoms with van der Waals surface area (Å²) in [6.45, 7) is 0.957. The maximum atomic E-state index is 11.3. The average Bonchev–Trinajstić information content (AvgIpc) is 2.39. The monoisotopic (exact) mass is 302 g/mol. The fourth-order valence-electron chi connectivity index (χ4n) is 1.42. The fraction of sp³-hybridized carbons (Fsp3) is 1.00. The van der Waals surface area contributed by atoms with Crippen LogP contribution in [-0.2, 0) is 22.7 Å². The lowest BCUT2D eigenvalue weighted by Crippen LogP contribution is -2.33. The summed E-state index contributed by atoms with van der Waals surface area (Å²) in [5.74, 6) is 0. The molecule has 12 heteroatoms. The van der Waals surface area contributed by atoms with Gasteiger partial charge in [0.1, 0.15) is 18.3 Å². The van der Waals surface area contributed by atoms with Crippen LogP contribution in [-0.4, -0.2) is 58.6 Å². The minimum atomic E-state index is -5.05. The third-order valence-corrected chi connectivity index (χ3v) is 4.51. The Kier molecular flexibility index (Phi) is 5.17. The maximum absolute atomic E-state index is 11.3. The summed E-state index contributed by atoms with van der Waals surface area (Å²) in [7, 11) is -4.61. The molecule has 0 aromatic carbocycles. The van der Waals surface area contributed by atoms with Crippen LogP contribution >= 0.6 is 15.3 Å². The summed E-state index contributed by atoms with van der Waals surface area (Å²) in [5.41, 5.74) is 0. The van der Waals surface area contributed by atoms with Gasteiger partial charge in [0.2, 0.25) is 7.57 Å². The molecular formula is C6H13BO9P2. The van der Waals surface area contributed by atoms with Gasteiger partial charge in [0.15, 0.2) is 0 Å². The van der Waals surface area contributed by atoms with Crippen molar-refractivity contribution in [2.75, 3.05) is 6.61 Å². The van der Waals surface area contributed by atoms with Crippen LogP contribution in [0.5, 0.6) is 0 Å². The Morgan fingerprint density at radius 2 is 1.83 bits per heavy atom. The van der Waals surface area contributed by atoms with Gasteiger partial charge >= 0.3 is 7.82 Å². The van der Waals surface area contributed by atoms with Crippen molar-refractivity contribution in [2.45, 2.75) is 31.3 Å². The maximum Gasteiger partial charge on any atom is 0.476 e. The van der Waals surface area contributed by atoms with Crippen LogP contribution in [0.3, 0.4) is 0 Å². The zero-order chi connectivity index (χ0) is 14.1. The van der Waals surface area contributed by atoms with Gasteiger partial charge in [-0.15, -0.1) is 0 Å².